The lowest BCUT2D eigenvalue weighted by Gasteiger charge is -2.48. The van der Waals surface area contributed by atoms with Crippen molar-refractivity contribution in [3.8, 4) is 0 Å². The second kappa shape index (κ2) is 10.7. The normalized spacial score (nSPS) is 21.7. The van der Waals surface area contributed by atoms with Gasteiger partial charge in [0.2, 0.25) is 5.92 Å². The number of carbonyl (C=O) groups excluding carboxylic acids is 1. The standard InChI is InChI=1S/C31H35F5N6O/c1-19(2)26-15-41(8-7-37-26)13-20-9-23-24(25(10-20)31(34,35)36)14-42(28(23)43)22-6-4-5-21(11-22)29(16-30(32,33)17-29)12-27-39-38-18-40(27)3/h4-6,9-11,18-19,26,37H,7-8,12-17H2,1-3H3/t26-/m1/s1. The molecule has 1 N–H and O–H groups in total. The molecule has 3 aliphatic rings. The highest BCUT2D eigenvalue weighted by Crippen LogP contribution is 2.55. The molecule has 2 aromatic carbocycles. The molecule has 0 unspecified atom stereocenters. The van der Waals surface area contributed by atoms with Gasteiger partial charge in [0.05, 0.1) is 12.1 Å². The quantitative estimate of drug-likeness (QED) is 0.371. The molecule has 1 saturated heterocycles. The number of aromatic nitrogens is 3. The number of halogens is 5. The Morgan fingerprint density at radius 1 is 1.14 bits per heavy atom. The zero-order chi connectivity index (χ0) is 30.7. The number of piperazine rings is 1. The Balaban J connectivity index is 1.30. The largest absolute Gasteiger partial charge is 0.416 e. The van der Waals surface area contributed by atoms with Gasteiger partial charge in [-0.2, -0.15) is 13.2 Å². The summed E-state index contributed by atoms with van der Waals surface area (Å²) >= 11 is 0. The van der Waals surface area contributed by atoms with Crippen LogP contribution in [-0.4, -0.2) is 57.2 Å². The molecule has 1 aliphatic carbocycles. The Labute approximate surface area is 247 Å². The zero-order valence-electron chi connectivity index (χ0n) is 24.4. The van der Waals surface area contributed by atoms with Gasteiger partial charge in [-0.25, -0.2) is 8.78 Å². The first kappa shape index (κ1) is 29.7. The third-order valence-electron chi connectivity index (χ3n) is 9.17. The molecule has 1 saturated carbocycles. The van der Waals surface area contributed by atoms with E-state index in [4.69, 9.17) is 0 Å². The maximum atomic E-state index is 14.3. The van der Waals surface area contributed by atoms with E-state index in [0.29, 0.717) is 48.2 Å². The number of carbonyl (C=O) groups is 1. The molecule has 0 radical (unpaired) electrons. The van der Waals surface area contributed by atoms with Crippen molar-refractivity contribution in [2.75, 3.05) is 24.5 Å². The summed E-state index contributed by atoms with van der Waals surface area (Å²) < 4.78 is 73.3. The van der Waals surface area contributed by atoms with Crippen molar-refractivity contribution in [1.29, 1.82) is 0 Å². The predicted molar refractivity (Wildman–Crippen MR) is 151 cm³/mol. The number of hydrogen-bond donors (Lipinski definition) is 1. The van der Waals surface area contributed by atoms with Crippen LogP contribution in [0.15, 0.2) is 42.7 Å². The van der Waals surface area contributed by atoms with E-state index in [1.807, 2.05) is 0 Å². The van der Waals surface area contributed by atoms with Crippen molar-refractivity contribution in [2.45, 2.75) is 69.8 Å². The van der Waals surface area contributed by atoms with Gasteiger partial charge in [-0.1, -0.05) is 26.0 Å². The zero-order valence-corrected chi connectivity index (χ0v) is 24.4. The van der Waals surface area contributed by atoms with Crippen LogP contribution in [0.4, 0.5) is 27.6 Å². The van der Waals surface area contributed by atoms with Crippen molar-refractivity contribution in [2.24, 2.45) is 13.0 Å². The first-order valence-corrected chi connectivity index (χ1v) is 14.6. The maximum Gasteiger partial charge on any atom is 0.416 e. The lowest BCUT2D eigenvalue weighted by atomic mass is 9.60. The number of aryl methyl sites for hydroxylation is 1. The van der Waals surface area contributed by atoms with Crippen molar-refractivity contribution in [1.82, 2.24) is 25.0 Å². The van der Waals surface area contributed by atoms with Crippen LogP contribution >= 0.6 is 0 Å². The Morgan fingerprint density at radius 2 is 1.91 bits per heavy atom. The Hall–Kier alpha value is -3.38. The molecule has 2 fully saturated rings. The third kappa shape index (κ3) is 5.66. The Morgan fingerprint density at radius 3 is 2.56 bits per heavy atom. The van der Waals surface area contributed by atoms with Gasteiger partial charge < -0.3 is 14.8 Å². The second-order valence-corrected chi connectivity index (χ2v) is 12.7. The van der Waals surface area contributed by atoms with Crippen LogP contribution in [0.1, 0.15) is 65.1 Å². The molecule has 7 nitrogen and oxygen atoms in total. The van der Waals surface area contributed by atoms with Crippen LogP contribution in [0.25, 0.3) is 0 Å². The van der Waals surface area contributed by atoms with Gasteiger partial charge in [-0.3, -0.25) is 9.69 Å². The van der Waals surface area contributed by atoms with E-state index in [1.165, 1.54) is 17.3 Å². The molecule has 1 atom stereocenters. The maximum absolute atomic E-state index is 14.3. The van der Waals surface area contributed by atoms with Gasteiger partial charge >= 0.3 is 6.18 Å². The van der Waals surface area contributed by atoms with Gasteiger partial charge in [0.1, 0.15) is 12.2 Å². The van der Waals surface area contributed by atoms with E-state index in [1.54, 1.807) is 41.9 Å². The molecule has 1 aromatic heterocycles. The minimum absolute atomic E-state index is 0.0368. The fourth-order valence-electron chi connectivity index (χ4n) is 6.85. The summed E-state index contributed by atoms with van der Waals surface area (Å²) in [6, 6.07) is 9.71. The monoisotopic (exact) mass is 602 g/mol. The van der Waals surface area contributed by atoms with Gasteiger partial charge in [-0.15, -0.1) is 10.2 Å². The second-order valence-electron chi connectivity index (χ2n) is 12.7. The number of fused-ring (bicyclic) bond motifs is 1. The average molecular weight is 603 g/mol. The fourth-order valence-corrected chi connectivity index (χ4v) is 6.85. The topological polar surface area (TPSA) is 66.3 Å². The molecule has 12 heteroatoms. The number of alkyl halides is 5. The number of benzene rings is 2. The SMILES string of the molecule is CC(C)[C@H]1CN(Cc2cc3c(c(C(F)(F)F)c2)CN(c2cccc(C4(Cc5nncn5C)CC(F)(F)C4)c2)C3=O)CCN1. The minimum atomic E-state index is -4.64. The summed E-state index contributed by atoms with van der Waals surface area (Å²) in [5, 5.41) is 11.4. The summed E-state index contributed by atoms with van der Waals surface area (Å²) in [5.74, 6) is -2.44. The summed E-state index contributed by atoms with van der Waals surface area (Å²) in [6.07, 6.45) is -3.69. The highest BCUT2D eigenvalue weighted by Gasteiger charge is 2.57. The lowest BCUT2D eigenvalue weighted by Crippen LogP contribution is -2.52. The Bertz CT molecular complexity index is 1530. The molecule has 1 amide bonds. The van der Waals surface area contributed by atoms with E-state index in [9.17, 15) is 26.7 Å². The molecule has 6 rings (SSSR count). The van der Waals surface area contributed by atoms with E-state index >= 15 is 0 Å². The van der Waals surface area contributed by atoms with Gasteiger partial charge in [0, 0.05) is 75.2 Å². The molecular formula is C31H35F5N6O. The van der Waals surface area contributed by atoms with Crippen molar-refractivity contribution >= 4 is 11.6 Å². The van der Waals surface area contributed by atoms with Gasteiger partial charge in [0.25, 0.3) is 5.91 Å². The van der Waals surface area contributed by atoms with Crippen molar-refractivity contribution < 1.29 is 26.7 Å². The van der Waals surface area contributed by atoms with E-state index in [0.717, 1.165) is 6.54 Å². The van der Waals surface area contributed by atoms with E-state index in [2.05, 4.69) is 34.3 Å². The summed E-state index contributed by atoms with van der Waals surface area (Å²) in [5.41, 5.74) is -0.345. The summed E-state index contributed by atoms with van der Waals surface area (Å²) in [6.45, 7) is 6.42. The molecule has 230 valence electrons. The number of amides is 1. The minimum Gasteiger partial charge on any atom is -0.321 e. The molecule has 2 aliphatic heterocycles. The highest BCUT2D eigenvalue weighted by atomic mass is 19.4. The molecule has 43 heavy (non-hydrogen) atoms. The molecule has 0 bridgehead atoms. The molecule has 0 spiro atoms. The number of anilines is 1. The summed E-state index contributed by atoms with van der Waals surface area (Å²) in [7, 11) is 1.74. The van der Waals surface area contributed by atoms with Gasteiger partial charge in [0.15, 0.2) is 0 Å². The molecule has 3 heterocycles. The number of hydrogen-bond acceptors (Lipinski definition) is 5. The lowest BCUT2D eigenvalue weighted by molar-refractivity contribution is -0.138. The fraction of sp³-hybridized carbons (Fsp3) is 0.516. The first-order valence-electron chi connectivity index (χ1n) is 14.6. The highest BCUT2D eigenvalue weighted by molar-refractivity contribution is 6.10. The molecular weight excluding hydrogens is 567 g/mol. The van der Waals surface area contributed by atoms with Crippen molar-refractivity contribution in [3.63, 3.8) is 0 Å². The van der Waals surface area contributed by atoms with E-state index < -0.39 is 41.8 Å². The number of nitrogens with zero attached hydrogens (tertiary/aromatic N) is 5. The average Bonchev–Trinajstić information content (AvgIpc) is 3.48. The van der Waals surface area contributed by atoms with Crippen LogP contribution < -0.4 is 10.2 Å². The summed E-state index contributed by atoms with van der Waals surface area (Å²) in [4.78, 5) is 17.1. The van der Waals surface area contributed by atoms with Crippen LogP contribution in [0, 0.1) is 5.92 Å². The predicted octanol–water partition coefficient (Wildman–Crippen LogP) is 5.33. The van der Waals surface area contributed by atoms with Crippen LogP contribution in [0.3, 0.4) is 0 Å². The third-order valence-corrected chi connectivity index (χ3v) is 9.17. The van der Waals surface area contributed by atoms with Crippen LogP contribution in [0.5, 0.6) is 0 Å². The number of nitrogens with one attached hydrogen (secondary N) is 1. The Kier molecular flexibility index (Phi) is 7.36. The van der Waals surface area contributed by atoms with Crippen LogP contribution in [0.2, 0.25) is 0 Å². The first-order chi connectivity index (χ1) is 20.2. The van der Waals surface area contributed by atoms with Crippen LogP contribution in [-0.2, 0) is 38.1 Å². The number of rotatable bonds is 7. The van der Waals surface area contributed by atoms with Gasteiger partial charge in [-0.05, 0) is 46.9 Å². The van der Waals surface area contributed by atoms with E-state index in [-0.39, 0.29) is 30.1 Å². The van der Waals surface area contributed by atoms with Crippen molar-refractivity contribution in [3.05, 3.63) is 76.4 Å². The smallest absolute Gasteiger partial charge is 0.321 e. The molecule has 3 aromatic rings.